The van der Waals surface area contributed by atoms with Crippen LogP contribution in [0.15, 0.2) is 22.5 Å². The maximum absolute atomic E-state index is 5.74. The Labute approximate surface area is 182 Å². The SMILES string of the molecule is CCNC(=NCC(c1cccs1)N1CCOC(C)C1)NCCc1nc(C)c(C)s1. The van der Waals surface area contributed by atoms with E-state index in [9.17, 15) is 0 Å². The highest BCUT2D eigenvalue weighted by atomic mass is 32.1. The van der Waals surface area contributed by atoms with Gasteiger partial charge in [-0.3, -0.25) is 9.89 Å². The third kappa shape index (κ3) is 6.50. The quantitative estimate of drug-likeness (QED) is 0.492. The van der Waals surface area contributed by atoms with Gasteiger partial charge in [0.05, 0.1) is 36.0 Å². The Morgan fingerprint density at radius 2 is 2.28 bits per heavy atom. The predicted molar refractivity (Wildman–Crippen MR) is 123 cm³/mol. The molecule has 0 spiro atoms. The molecule has 0 aromatic carbocycles. The molecule has 0 amide bonds. The van der Waals surface area contributed by atoms with Gasteiger partial charge in [-0.25, -0.2) is 4.98 Å². The van der Waals surface area contributed by atoms with Crippen molar-refractivity contribution < 1.29 is 4.74 Å². The molecule has 0 saturated carbocycles. The van der Waals surface area contributed by atoms with Crippen molar-refractivity contribution in [1.29, 1.82) is 0 Å². The smallest absolute Gasteiger partial charge is 0.191 e. The summed E-state index contributed by atoms with van der Waals surface area (Å²) in [5.41, 5.74) is 1.14. The topological polar surface area (TPSA) is 61.8 Å². The van der Waals surface area contributed by atoms with Crippen LogP contribution in [0.1, 0.15) is 40.3 Å². The maximum atomic E-state index is 5.74. The molecule has 1 aliphatic rings. The van der Waals surface area contributed by atoms with Crippen molar-refractivity contribution in [2.75, 3.05) is 39.3 Å². The summed E-state index contributed by atoms with van der Waals surface area (Å²) >= 11 is 3.60. The van der Waals surface area contributed by atoms with Gasteiger partial charge in [0, 0.05) is 42.4 Å². The Morgan fingerprint density at radius 3 is 2.93 bits per heavy atom. The number of rotatable bonds is 8. The van der Waals surface area contributed by atoms with E-state index < -0.39 is 0 Å². The Kier molecular flexibility index (Phi) is 8.47. The standard InChI is InChI=1S/C21H33N5OS2/c1-5-22-21(23-9-8-20-25-16(3)17(4)29-20)24-13-18(19-7-6-12-28-19)26-10-11-27-15(2)14-26/h6-7,12,15,18H,5,8-11,13-14H2,1-4H3,(H2,22,23,24). The van der Waals surface area contributed by atoms with E-state index >= 15 is 0 Å². The molecule has 6 nitrogen and oxygen atoms in total. The van der Waals surface area contributed by atoms with E-state index in [1.165, 1.54) is 14.8 Å². The zero-order valence-electron chi connectivity index (χ0n) is 17.9. The number of thiophene rings is 1. The average Bonchev–Trinajstić information content (AvgIpc) is 3.32. The molecule has 2 aromatic rings. The molecule has 3 rings (SSSR count). The molecule has 1 saturated heterocycles. The van der Waals surface area contributed by atoms with E-state index in [1.807, 2.05) is 11.3 Å². The number of hydrogen-bond donors (Lipinski definition) is 2. The van der Waals surface area contributed by atoms with Gasteiger partial charge in [-0.1, -0.05) is 6.07 Å². The van der Waals surface area contributed by atoms with Gasteiger partial charge in [0.1, 0.15) is 0 Å². The van der Waals surface area contributed by atoms with Crippen LogP contribution in [-0.4, -0.2) is 61.3 Å². The van der Waals surface area contributed by atoms with Crippen molar-refractivity contribution in [3.8, 4) is 0 Å². The summed E-state index contributed by atoms with van der Waals surface area (Å²) in [6, 6.07) is 4.64. The largest absolute Gasteiger partial charge is 0.376 e. The van der Waals surface area contributed by atoms with Crippen molar-refractivity contribution in [1.82, 2.24) is 20.5 Å². The molecule has 3 heterocycles. The Hall–Kier alpha value is -1.48. The van der Waals surface area contributed by atoms with Gasteiger partial charge in [-0.05, 0) is 39.1 Å². The van der Waals surface area contributed by atoms with Crippen LogP contribution in [0.3, 0.4) is 0 Å². The summed E-state index contributed by atoms with van der Waals surface area (Å²) in [4.78, 5) is 14.7. The minimum absolute atomic E-state index is 0.270. The maximum Gasteiger partial charge on any atom is 0.191 e. The highest BCUT2D eigenvalue weighted by Gasteiger charge is 2.26. The first-order chi connectivity index (χ1) is 14.1. The summed E-state index contributed by atoms with van der Waals surface area (Å²) in [6.07, 6.45) is 1.19. The van der Waals surface area contributed by atoms with Gasteiger partial charge in [-0.2, -0.15) is 0 Å². The van der Waals surface area contributed by atoms with Crippen LogP contribution in [0.4, 0.5) is 0 Å². The lowest BCUT2D eigenvalue weighted by Crippen LogP contribution is -2.44. The molecule has 2 N–H and O–H groups in total. The zero-order valence-corrected chi connectivity index (χ0v) is 19.5. The number of ether oxygens (including phenoxy) is 1. The van der Waals surface area contributed by atoms with Crippen LogP contribution in [-0.2, 0) is 11.2 Å². The molecule has 160 valence electrons. The molecule has 8 heteroatoms. The Balaban J connectivity index is 1.62. The molecule has 0 radical (unpaired) electrons. The van der Waals surface area contributed by atoms with Gasteiger partial charge < -0.3 is 15.4 Å². The molecule has 2 unspecified atom stereocenters. The fraction of sp³-hybridized carbons (Fsp3) is 0.619. The van der Waals surface area contributed by atoms with Crippen molar-refractivity contribution in [2.24, 2.45) is 4.99 Å². The van der Waals surface area contributed by atoms with E-state index in [0.717, 1.165) is 57.4 Å². The lowest BCUT2D eigenvalue weighted by molar-refractivity contribution is -0.0327. The normalized spacial score (nSPS) is 19.3. The summed E-state index contributed by atoms with van der Waals surface area (Å²) in [5, 5.41) is 10.2. The van der Waals surface area contributed by atoms with E-state index in [0.29, 0.717) is 6.04 Å². The highest BCUT2D eigenvalue weighted by molar-refractivity contribution is 7.11. The molecule has 0 bridgehead atoms. The highest BCUT2D eigenvalue weighted by Crippen LogP contribution is 2.27. The van der Waals surface area contributed by atoms with Gasteiger partial charge in [0.15, 0.2) is 5.96 Å². The van der Waals surface area contributed by atoms with Gasteiger partial charge >= 0.3 is 0 Å². The van der Waals surface area contributed by atoms with Crippen LogP contribution in [0, 0.1) is 13.8 Å². The second-order valence-electron chi connectivity index (χ2n) is 7.35. The Morgan fingerprint density at radius 1 is 1.41 bits per heavy atom. The lowest BCUT2D eigenvalue weighted by atomic mass is 10.1. The van der Waals surface area contributed by atoms with E-state index in [-0.39, 0.29) is 6.10 Å². The number of thiazole rings is 1. The van der Waals surface area contributed by atoms with Gasteiger partial charge in [0.2, 0.25) is 0 Å². The Bertz CT molecular complexity index is 755. The number of aromatic nitrogens is 1. The third-order valence-corrected chi connectivity index (χ3v) is 7.16. The summed E-state index contributed by atoms with van der Waals surface area (Å²) in [5.74, 6) is 0.875. The van der Waals surface area contributed by atoms with Crippen molar-refractivity contribution in [2.45, 2.75) is 46.3 Å². The first-order valence-electron chi connectivity index (χ1n) is 10.4. The average molecular weight is 436 g/mol. The molecule has 1 fully saturated rings. The molecule has 0 aliphatic carbocycles. The number of hydrogen-bond acceptors (Lipinski definition) is 6. The summed E-state index contributed by atoms with van der Waals surface area (Å²) < 4.78 is 5.74. The number of aliphatic imine (C=N–C) groups is 1. The van der Waals surface area contributed by atoms with Crippen molar-refractivity contribution in [3.63, 3.8) is 0 Å². The molecule has 1 aliphatic heterocycles. The number of guanidine groups is 1. The minimum atomic E-state index is 0.270. The number of nitrogens with zero attached hydrogens (tertiary/aromatic N) is 3. The minimum Gasteiger partial charge on any atom is -0.376 e. The lowest BCUT2D eigenvalue weighted by Gasteiger charge is -2.36. The first kappa shape index (κ1) is 22.2. The van der Waals surface area contributed by atoms with Gasteiger partial charge in [-0.15, -0.1) is 22.7 Å². The van der Waals surface area contributed by atoms with Crippen LogP contribution in [0.5, 0.6) is 0 Å². The van der Waals surface area contributed by atoms with Crippen LogP contribution >= 0.6 is 22.7 Å². The van der Waals surface area contributed by atoms with E-state index in [4.69, 9.17) is 9.73 Å². The number of morpholine rings is 1. The summed E-state index contributed by atoms with van der Waals surface area (Å²) in [6.45, 7) is 13.6. The molecule has 2 atom stereocenters. The number of nitrogens with one attached hydrogen (secondary N) is 2. The van der Waals surface area contributed by atoms with Gasteiger partial charge in [0.25, 0.3) is 0 Å². The van der Waals surface area contributed by atoms with Crippen molar-refractivity contribution >= 4 is 28.6 Å². The molecular weight excluding hydrogens is 402 g/mol. The predicted octanol–water partition coefficient (Wildman–Crippen LogP) is 3.38. The third-order valence-electron chi connectivity index (χ3n) is 5.06. The summed E-state index contributed by atoms with van der Waals surface area (Å²) in [7, 11) is 0. The molecule has 2 aromatic heterocycles. The van der Waals surface area contributed by atoms with Crippen molar-refractivity contribution in [3.05, 3.63) is 38.0 Å². The second-order valence-corrected chi connectivity index (χ2v) is 9.62. The van der Waals surface area contributed by atoms with Crippen LogP contribution in [0.2, 0.25) is 0 Å². The van der Waals surface area contributed by atoms with Crippen LogP contribution in [0.25, 0.3) is 0 Å². The van der Waals surface area contributed by atoms with E-state index in [1.54, 1.807) is 11.3 Å². The first-order valence-corrected chi connectivity index (χ1v) is 12.1. The van der Waals surface area contributed by atoms with Crippen LogP contribution < -0.4 is 10.6 Å². The fourth-order valence-electron chi connectivity index (χ4n) is 3.45. The van der Waals surface area contributed by atoms with E-state index in [2.05, 4.69) is 65.7 Å². The number of aryl methyl sites for hydroxylation is 2. The molecular formula is C21H33N5OS2. The molecule has 29 heavy (non-hydrogen) atoms. The second kappa shape index (κ2) is 11.1. The fourth-order valence-corrected chi connectivity index (χ4v) is 5.23. The zero-order chi connectivity index (χ0) is 20.6. The monoisotopic (exact) mass is 435 g/mol.